The first-order chi connectivity index (χ1) is 9.22. The normalized spacial score (nSPS) is 18.0. The van der Waals surface area contributed by atoms with E-state index in [1.54, 1.807) is 6.07 Å². The van der Waals surface area contributed by atoms with Crippen LogP contribution in [-0.2, 0) is 19.5 Å². The van der Waals surface area contributed by atoms with Gasteiger partial charge in [-0.05, 0) is 17.7 Å². The summed E-state index contributed by atoms with van der Waals surface area (Å²) in [5.74, 6) is -0.648. The van der Waals surface area contributed by atoms with Crippen LogP contribution < -0.4 is 10.0 Å². The SMILES string of the molecule is O=C([O-])c1ccc(C[NH+]2CCc3ccccc3C2)o1. The van der Waals surface area contributed by atoms with Gasteiger partial charge in [0.25, 0.3) is 0 Å². The molecule has 0 radical (unpaired) electrons. The van der Waals surface area contributed by atoms with E-state index in [2.05, 4.69) is 24.3 Å². The summed E-state index contributed by atoms with van der Waals surface area (Å²) in [6.45, 7) is 2.71. The fourth-order valence-corrected chi connectivity index (χ4v) is 2.62. The van der Waals surface area contributed by atoms with Gasteiger partial charge in [0.1, 0.15) is 24.8 Å². The zero-order chi connectivity index (χ0) is 13.2. The van der Waals surface area contributed by atoms with Gasteiger partial charge in [0, 0.05) is 12.0 Å². The van der Waals surface area contributed by atoms with Gasteiger partial charge in [0.05, 0.1) is 6.54 Å². The van der Waals surface area contributed by atoms with Gasteiger partial charge in [0.15, 0.2) is 5.76 Å². The first kappa shape index (κ1) is 12.0. The number of rotatable bonds is 3. The molecule has 19 heavy (non-hydrogen) atoms. The number of aromatic carboxylic acids is 1. The molecule has 3 rings (SSSR count). The van der Waals surface area contributed by atoms with Crippen LogP contribution in [0.3, 0.4) is 0 Å². The predicted molar refractivity (Wildman–Crippen MR) is 66.4 cm³/mol. The van der Waals surface area contributed by atoms with Crippen LogP contribution in [0.25, 0.3) is 0 Å². The molecular formula is C15H15NO3. The van der Waals surface area contributed by atoms with Gasteiger partial charge in [-0.15, -0.1) is 0 Å². The highest BCUT2D eigenvalue weighted by Gasteiger charge is 2.20. The monoisotopic (exact) mass is 257 g/mol. The number of nitrogens with one attached hydrogen (secondary N) is 1. The predicted octanol–water partition coefficient (Wildman–Crippen LogP) is -0.216. The second-order valence-corrected chi connectivity index (χ2v) is 4.93. The van der Waals surface area contributed by atoms with Crippen molar-refractivity contribution in [1.82, 2.24) is 0 Å². The molecule has 1 N–H and O–H groups in total. The Kier molecular flexibility index (Phi) is 3.09. The Hall–Kier alpha value is -2.07. The Labute approximate surface area is 111 Å². The first-order valence-corrected chi connectivity index (χ1v) is 6.43. The highest BCUT2D eigenvalue weighted by Crippen LogP contribution is 2.11. The van der Waals surface area contributed by atoms with Crippen LogP contribution in [-0.4, -0.2) is 12.5 Å². The Morgan fingerprint density at radius 2 is 2.00 bits per heavy atom. The molecule has 0 saturated carbocycles. The van der Waals surface area contributed by atoms with Gasteiger partial charge in [0.2, 0.25) is 0 Å². The minimum Gasteiger partial charge on any atom is -0.542 e. The number of fused-ring (bicyclic) bond motifs is 1. The molecule has 1 aromatic heterocycles. The Morgan fingerprint density at radius 3 is 2.74 bits per heavy atom. The Bertz CT molecular complexity index is 603. The molecule has 2 heterocycles. The molecule has 0 bridgehead atoms. The molecule has 0 amide bonds. The Morgan fingerprint density at radius 1 is 1.21 bits per heavy atom. The lowest BCUT2D eigenvalue weighted by molar-refractivity contribution is -0.930. The summed E-state index contributed by atoms with van der Waals surface area (Å²) in [6.07, 6.45) is 1.06. The molecule has 4 nitrogen and oxygen atoms in total. The van der Waals surface area contributed by atoms with Gasteiger partial charge in [-0.2, -0.15) is 0 Å². The van der Waals surface area contributed by atoms with Crippen molar-refractivity contribution in [2.24, 2.45) is 0 Å². The van der Waals surface area contributed by atoms with E-state index in [0.717, 1.165) is 19.5 Å². The standard InChI is InChI=1S/C15H15NO3/c17-15(18)14-6-5-13(19-14)10-16-8-7-11-3-1-2-4-12(11)9-16/h1-6H,7-10H2,(H,17,18). The third-order valence-electron chi connectivity index (χ3n) is 3.59. The maximum atomic E-state index is 10.7. The molecule has 0 saturated heterocycles. The fourth-order valence-electron chi connectivity index (χ4n) is 2.62. The second-order valence-electron chi connectivity index (χ2n) is 4.93. The van der Waals surface area contributed by atoms with E-state index in [4.69, 9.17) is 4.42 Å². The fraction of sp³-hybridized carbons (Fsp3) is 0.267. The summed E-state index contributed by atoms with van der Waals surface area (Å²) >= 11 is 0. The maximum Gasteiger partial charge on any atom is 0.159 e. The van der Waals surface area contributed by atoms with Crippen molar-refractivity contribution >= 4 is 5.97 Å². The van der Waals surface area contributed by atoms with Crippen molar-refractivity contribution < 1.29 is 19.2 Å². The topological polar surface area (TPSA) is 57.7 Å². The van der Waals surface area contributed by atoms with Crippen molar-refractivity contribution in [3.63, 3.8) is 0 Å². The zero-order valence-electron chi connectivity index (χ0n) is 10.5. The van der Waals surface area contributed by atoms with Gasteiger partial charge in [-0.25, -0.2) is 0 Å². The zero-order valence-corrected chi connectivity index (χ0v) is 10.5. The molecule has 1 aromatic carbocycles. The number of hydrogen-bond acceptors (Lipinski definition) is 3. The van der Waals surface area contributed by atoms with Crippen LogP contribution in [0.2, 0.25) is 0 Å². The summed E-state index contributed by atoms with van der Waals surface area (Å²) in [4.78, 5) is 12.0. The number of carbonyl (C=O) groups is 1. The van der Waals surface area contributed by atoms with Crippen LogP contribution in [0, 0.1) is 0 Å². The van der Waals surface area contributed by atoms with Crippen molar-refractivity contribution in [3.05, 3.63) is 59.0 Å². The van der Waals surface area contributed by atoms with Crippen molar-refractivity contribution in [1.29, 1.82) is 0 Å². The van der Waals surface area contributed by atoms with Crippen molar-refractivity contribution in [2.75, 3.05) is 6.54 Å². The van der Waals surface area contributed by atoms with Crippen molar-refractivity contribution in [2.45, 2.75) is 19.5 Å². The van der Waals surface area contributed by atoms with Gasteiger partial charge in [-0.1, -0.05) is 24.3 Å². The number of carboxylic acid groups (broad SMARTS) is 1. The van der Waals surface area contributed by atoms with E-state index in [0.29, 0.717) is 12.3 Å². The molecule has 1 aliphatic rings. The van der Waals surface area contributed by atoms with Crippen LogP contribution in [0.4, 0.5) is 0 Å². The lowest BCUT2D eigenvalue weighted by Crippen LogP contribution is -3.10. The first-order valence-electron chi connectivity index (χ1n) is 6.43. The molecule has 2 aromatic rings. The molecule has 0 fully saturated rings. The van der Waals surface area contributed by atoms with Crippen LogP contribution in [0.15, 0.2) is 40.8 Å². The van der Waals surface area contributed by atoms with Gasteiger partial charge >= 0.3 is 0 Å². The third-order valence-corrected chi connectivity index (χ3v) is 3.59. The van der Waals surface area contributed by atoms with E-state index < -0.39 is 5.97 Å². The van der Waals surface area contributed by atoms with E-state index in [9.17, 15) is 9.90 Å². The number of furan rings is 1. The molecule has 1 unspecified atom stereocenters. The van der Waals surface area contributed by atoms with Crippen molar-refractivity contribution in [3.8, 4) is 0 Å². The molecular weight excluding hydrogens is 242 g/mol. The summed E-state index contributed by atoms with van der Waals surface area (Å²) < 4.78 is 5.25. The number of carboxylic acids is 1. The van der Waals surface area contributed by atoms with E-state index in [1.807, 2.05) is 0 Å². The Balaban J connectivity index is 1.70. The molecule has 1 atom stereocenters. The van der Waals surface area contributed by atoms with E-state index in [1.165, 1.54) is 22.1 Å². The maximum absolute atomic E-state index is 10.7. The summed E-state index contributed by atoms with van der Waals surface area (Å²) in [5, 5.41) is 10.7. The lowest BCUT2D eigenvalue weighted by atomic mass is 10.00. The quantitative estimate of drug-likeness (QED) is 0.827. The number of carbonyl (C=O) groups excluding carboxylic acids is 1. The molecule has 4 heteroatoms. The number of quaternary nitrogens is 1. The number of benzene rings is 1. The minimum atomic E-state index is -1.26. The molecule has 98 valence electrons. The van der Waals surface area contributed by atoms with Crippen LogP contribution >= 0.6 is 0 Å². The summed E-state index contributed by atoms with van der Waals surface area (Å²) in [5.41, 5.74) is 2.79. The lowest BCUT2D eigenvalue weighted by Gasteiger charge is -2.25. The molecule has 0 spiro atoms. The largest absolute Gasteiger partial charge is 0.542 e. The number of hydrogen-bond donors (Lipinski definition) is 1. The average Bonchev–Trinajstić information content (AvgIpc) is 2.87. The summed E-state index contributed by atoms with van der Waals surface area (Å²) in [7, 11) is 0. The highest BCUT2D eigenvalue weighted by molar-refractivity contribution is 5.82. The van der Waals surface area contributed by atoms with E-state index >= 15 is 0 Å². The van der Waals surface area contributed by atoms with E-state index in [-0.39, 0.29) is 5.76 Å². The van der Waals surface area contributed by atoms with Gasteiger partial charge < -0.3 is 19.2 Å². The third kappa shape index (κ3) is 2.53. The summed E-state index contributed by atoms with van der Waals surface area (Å²) in [6, 6.07) is 11.6. The van der Waals surface area contributed by atoms with Crippen LogP contribution in [0.5, 0.6) is 0 Å². The van der Waals surface area contributed by atoms with Gasteiger partial charge in [-0.3, -0.25) is 0 Å². The second kappa shape index (κ2) is 4.90. The van der Waals surface area contributed by atoms with Crippen LogP contribution in [0.1, 0.15) is 27.4 Å². The molecule has 1 aliphatic heterocycles. The molecule has 0 aliphatic carbocycles. The smallest absolute Gasteiger partial charge is 0.159 e. The average molecular weight is 257 g/mol. The minimum absolute atomic E-state index is 0.0909. The highest BCUT2D eigenvalue weighted by atomic mass is 16.4.